The number of aliphatic hydroxyl groups excluding tert-OH is 1. The number of aliphatic hydroxyl groups is 1. The Bertz CT molecular complexity index is 802. The second-order valence-corrected chi connectivity index (χ2v) is 5.87. The lowest BCUT2D eigenvalue weighted by atomic mass is 10.1. The van der Waals surface area contributed by atoms with Gasteiger partial charge in [0.2, 0.25) is 0 Å². The molecule has 0 aliphatic carbocycles. The summed E-state index contributed by atoms with van der Waals surface area (Å²) in [6.45, 7) is -0.00919. The first-order valence-corrected chi connectivity index (χ1v) is 7.60. The zero-order valence-corrected chi connectivity index (χ0v) is 13.4. The standard InChI is InChI=1S/C17H12BrClO2/c18-15-9-12(6-5-11(15)10-20)21-17-8-7-16(19)13-3-1-2-4-14(13)17/h1-9,20H,10H2. The Kier molecular flexibility index (Phi) is 4.15. The number of hydrogen-bond donors (Lipinski definition) is 1. The number of rotatable bonds is 3. The number of fused-ring (bicyclic) bond motifs is 1. The first kappa shape index (κ1) is 14.4. The van der Waals surface area contributed by atoms with E-state index in [2.05, 4.69) is 15.9 Å². The Morgan fingerprint density at radius 2 is 1.76 bits per heavy atom. The minimum atomic E-state index is -0.00919. The SMILES string of the molecule is OCc1ccc(Oc2ccc(Cl)c3ccccc23)cc1Br. The molecular weight excluding hydrogens is 352 g/mol. The van der Waals surface area contributed by atoms with E-state index in [1.54, 1.807) is 0 Å². The molecule has 4 heteroatoms. The van der Waals surface area contributed by atoms with Gasteiger partial charge in [-0.2, -0.15) is 0 Å². The van der Waals surface area contributed by atoms with Crippen molar-refractivity contribution in [2.45, 2.75) is 6.61 Å². The summed E-state index contributed by atoms with van der Waals surface area (Å²) in [5, 5.41) is 11.8. The quantitative estimate of drug-likeness (QED) is 0.662. The third-order valence-electron chi connectivity index (χ3n) is 3.25. The summed E-state index contributed by atoms with van der Waals surface area (Å²) < 4.78 is 6.78. The first-order chi connectivity index (χ1) is 10.2. The van der Waals surface area contributed by atoms with Gasteiger partial charge in [-0.3, -0.25) is 0 Å². The van der Waals surface area contributed by atoms with Crippen LogP contribution in [0.4, 0.5) is 0 Å². The molecule has 0 amide bonds. The summed E-state index contributed by atoms with van der Waals surface area (Å²) in [7, 11) is 0. The van der Waals surface area contributed by atoms with Gasteiger partial charge in [0.25, 0.3) is 0 Å². The highest BCUT2D eigenvalue weighted by Crippen LogP contribution is 2.35. The van der Waals surface area contributed by atoms with Crippen molar-refractivity contribution in [1.82, 2.24) is 0 Å². The normalized spacial score (nSPS) is 10.8. The molecule has 0 fully saturated rings. The van der Waals surface area contributed by atoms with E-state index in [9.17, 15) is 5.11 Å². The maximum atomic E-state index is 9.19. The van der Waals surface area contributed by atoms with Crippen molar-refractivity contribution in [2.75, 3.05) is 0 Å². The fourth-order valence-electron chi connectivity index (χ4n) is 2.17. The number of ether oxygens (including phenoxy) is 1. The minimum Gasteiger partial charge on any atom is -0.457 e. The lowest BCUT2D eigenvalue weighted by Gasteiger charge is -2.11. The Morgan fingerprint density at radius 3 is 2.48 bits per heavy atom. The molecule has 21 heavy (non-hydrogen) atoms. The van der Waals surface area contributed by atoms with Gasteiger partial charge in [0.15, 0.2) is 0 Å². The van der Waals surface area contributed by atoms with E-state index < -0.39 is 0 Å². The summed E-state index contributed by atoms with van der Waals surface area (Å²) in [6.07, 6.45) is 0. The van der Waals surface area contributed by atoms with Gasteiger partial charge >= 0.3 is 0 Å². The highest BCUT2D eigenvalue weighted by molar-refractivity contribution is 9.10. The van der Waals surface area contributed by atoms with E-state index in [0.29, 0.717) is 10.8 Å². The molecule has 0 heterocycles. The van der Waals surface area contributed by atoms with Gasteiger partial charge in [-0.1, -0.05) is 57.9 Å². The molecule has 0 saturated heterocycles. The predicted octanol–water partition coefficient (Wildman–Crippen LogP) is 5.54. The van der Waals surface area contributed by atoms with Crippen molar-refractivity contribution in [3.63, 3.8) is 0 Å². The predicted molar refractivity (Wildman–Crippen MR) is 89.1 cm³/mol. The van der Waals surface area contributed by atoms with Gasteiger partial charge in [0, 0.05) is 20.3 Å². The van der Waals surface area contributed by atoms with Crippen LogP contribution in [0.5, 0.6) is 11.5 Å². The molecule has 0 aliphatic rings. The van der Waals surface area contributed by atoms with Crippen LogP contribution >= 0.6 is 27.5 Å². The average Bonchev–Trinajstić information content (AvgIpc) is 2.51. The largest absolute Gasteiger partial charge is 0.457 e. The summed E-state index contributed by atoms with van der Waals surface area (Å²) in [4.78, 5) is 0. The molecule has 0 spiro atoms. The molecular formula is C17H12BrClO2. The van der Waals surface area contributed by atoms with Gasteiger partial charge in [-0.05, 0) is 29.8 Å². The molecule has 3 aromatic rings. The van der Waals surface area contributed by atoms with E-state index in [-0.39, 0.29) is 6.61 Å². The topological polar surface area (TPSA) is 29.5 Å². The van der Waals surface area contributed by atoms with Crippen molar-refractivity contribution in [2.24, 2.45) is 0 Å². The highest BCUT2D eigenvalue weighted by atomic mass is 79.9. The van der Waals surface area contributed by atoms with Crippen LogP contribution in [0.25, 0.3) is 10.8 Å². The molecule has 106 valence electrons. The van der Waals surface area contributed by atoms with Crippen LogP contribution in [-0.2, 0) is 6.61 Å². The molecule has 0 atom stereocenters. The van der Waals surface area contributed by atoms with Crippen molar-refractivity contribution in [3.05, 3.63) is 69.7 Å². The Morgan fingerprint density at radius 1 is 1.00 bits per heavy atom. The van der Waals surface area contributed by atoms with Crippen LogP contribution in [0.2, 0.25) is 5.02 Å². The number of benzene rings is 3. The summed E-state index contributed by atoms with van der Waals surface area (Å²) in [6, 6.07) is 17.0. The van der Waals surface area contributed by atoms with E-state index in [4.69, 9.17) is 16.3 Å². The molecule has 3 rings (SSSR count). The van der Waals surface area contributed by atoms with Crippen molar-refractivity contribution >= 4 is 38.3 Å². The van der Waals surface area contributed by atoms with Crippen LogP contribution in [0.1, 0.15) is 5.56 Å². The Balaban J connectivity index is 2.02. The van der Waals surface area contributed by atoms with E-state index >= 15 is 0 Å². The van der Waals surface area contributed by atoms with Gasteiger partial charge in [0.05, 0.1) is 6.61 Å². The number of halogens is 2. The van der Waals surface area contributed by atoms with Gasteiger partial charge < -0.3 is 9.84 Å². The van der Waals surface area contributed by atoms with Gasteiger partial charge in [-0.25, -0.2) is 0 Å². The zero-order chi connectivity index (χ0) is 14.8. The summed E-state index contributed by atoms with van der Waals surface area (Å²) in [5.41, 5.74) is 0.823. The van der Waals surface area contributed by atoms with E-state index in [1.165, 1.54) is 0 Å². The number of hydrogen-bond acceptors (Lipinski definition) is 2. The van der Waals surface area contributed by atoms with E-state index in [1.807, 2.05) is 54.6 Å². The summed E-state index contributed by atoms with van der Waals surface area (Å²) >= 11 is 9.63. The second-order valence-electron chi connectivity index (χ2n) is 4.60. The average molecular weight is 364 g/mol. The van der Waals surface area contributed by atoms with Crippen molar-refractivity contribution in [1.29, 1.82) is 0 Å². The van der Waals surface area contributed by atoms with Gasteiger partial charge in [-0.15, -0.1) is 0 Å². The highest BCUT2D eigenvalue weighted by Gasteiger charge is 2.07. The monoisotopic (exact) mass is 362 g/mol. The minimum absolute atomic E-state index is 0.00919. The maximum Gasteiger partial charge on any atom is 0.135 e. The van der Waals surface area contributed by atoms with Crippen molar-refractivity contribution in [3.8, 4) is 11.5 Å². The van der Waals surface area contributed by atoms with Crippen molar-refractivity contribution < 1.29 is 9.84 Å². The van der Waals surface area contributed by atoms with Crippen LogP contribution in [-0.4, -0.2) is 5.11 Å². The molecule has 0 aromatic heterocycles. The fourth-order valence-corrected chi connectivity index (χ4v) is 2.88. The zero-order valence-electron chi connectivity index (χ0n) is 11.0. The van der Waals surface area contributed by atoms with Crippen LogP contribution in [0.3, 0.4) is 0 Å². The Hall–Kier alpha value is -1.55. The third-order valence-corrected chi connectivity index (χ3v) is 4.32. The first-order valence-electron chi connectivity index (χ1n) is 6.43. The molecule has 1 N–H and O–H groups in total. The van der Waals surface area contributed by atoms with Crippen LogP contribution in [0, 0.1) is 0 Å². The van der Waals surface area contributed by atoms with E-state index in [0.717, 1.165) is 26.6 Å². The van der Waals surface area contributed by atoms with Crippen LogP contribution in [0.15, 0.2) is 59.1 Å². The summed E-state index contributed by atoms with van der Waals surface area (Å²) in [5.74, 6) is 1.45. The fraction of sp³-hybridized carbons (Fsp3) is 0.0588. The lowest BCUT2D eigenvalue weighted by molar-refractivity contribution is 0.281. The Labute approximate surface area is 136 Å². The molecule has 0 aliphatic heterocycles. The molecule has 0 saturated carbocycles. The molecule has 0 bridgehead atoms. The molecule has 3 aromatic carbocycles. The molecule has 2 nitrogen and oxygen atoms in total. The maximum absolute atomic E-state index is 9.19. The third kappa shape index (κ3) is 2.91. The van der Waals surface area contributed by atoms with Gasteiger partial charge in [0.1, 0.15) is 11.5 Å². The molecule has 0 radical (unpaired) electrons. The smallest absolute Gasteiger partial charge is 0.135 e. The van der Waals surface area contributed by atoms with Crippen LogP contribution < -0.4 is 4.74 Å². The lowest BCUT2D eigenvalue weighted by Crippen LogP contribution is -1.89. The second kappa shape index (κ2) is 6.06. The molecule has 0 unspecified atom stereocenters.